The summed E-state index contributed by atoms with van der Waals surface area (Å²) < 4.78 is 70.7. The van der Waals surface area contributed by atoms with E-state index in [1.807, 2.05) is 0 Å². The predicted octanol–water partition coefficient (Wildman–Crippen LogP) is 4.54. The van der Waals surface area contributed by atoms with Crippen molar-refractivity contribution < 1.29 is 32.1 Å². The standard InChI is InChI=1S/C18H14F5O3PTe/c19-17-15(28(21,22,23)27(24,25)26)11-14(12-7-3-1-4-8-12)16(18(17)20)13-9-5-2-6-10-13/h1-11,24-26H. The Hall–Kier alpha value is -1.59. The minimum atomic E-state index is -9.32. The van der Waals surface area contributed by atoms with E-state index in [-0.39, 0.29) is 16.7 Å². The van der Waals surface area contributed by atoms with Crippen LogP contribution in [-0.2, 0) is 0 Å². The second-order valence-electron chi connectivity index (χ2n) is 5.88. The quantitative estimate of drug-likeness (QED) is 0.264. The van der Waals surface area contributed by atoms with Crippen molar-refractivity contribution in [3.63, 3.8) is 0 Å². The molecule has 0 fully saturated rings. The molecular formula is C18H14F5O3PTe. The Bertz CT molecular complexity index is 1120. The Morgan fingerprint density at radius 3 is 1.61 bits per heavy atom. The van der Waals surface area contributed by atoms with E-state index in [0.29, 0.717) is 6.07 Å². The normalized spacial score (nSPS) is 13.8. The Labute approximate surface area is 159 Å². The first-order valence-electron chi connectivity index (χ1n) is 7.73. The zero-order valence-corrected chi connectivity index (χ0v) is 17.2. The minimum absolute atomic E-state index is 0.145. The molecule has 0 bridgehead atoms. The molecule has 0 unspecified atom stereocenters. The van der Waals surface area contributed by atoms with Crippen molar-refractivity contribution in [3.8, 4) is 22.3 Å². The van der Waals surface area contributed by atoms with E-state index < -0.39 is 43.4 Å². The van der Waals surface area contributed by atoms with Gasteiger partial charge >= 0.3 is 159 Å². The van der Waals surface area contributed by atoms with Gasteiger partial charge in [-0.1, -0.05) is 0 Å². The van der Waals surface area contributed by atoms with Gasteiger partial charge in [0, 0.05) is 0 Å². The summed E-state index contributed by atoms with van der Waals surface area (Å²) in [5.41, 5.74) is -0.360. The van der Waals surface area contributed by atoms with Gasteiger partial charge in [-0.3, -0.25) is 0 Å². The van der Waals surface area contributed by atoms with Crippen LogP contribution in [0.3, 0.4) is 0 Å². The van der Waals surface area contributed by atoms with Gasteiger partial charge in [0.2, 0.25) is 0 Å². The van der Waals surface area contributed by atoms with Crippen molar-refractivity contribution >= 4 is 26.2 Å². The summed E-state index contributed by atoms with van der Waals surface area (Å²) in [4.78, 5) is 27.0. The van der Waals surface area contributed by atoms with E-state index >= 15 is 0 Å². The molecule has 10 heteroatoms. The first kappa shape index (κ1) is 21.1. The van der Waals surface area contributed by atoms with Crippen LogP contribution in [0.15, 0.2) is 66.7 Å². The van der Waals surface area contributed by atoms with Gasteiger partial charge in [0.15, 0.2) is 0 Å². The van der Waals surface area contributed by atoms with Crippen molar-refractivity contribution in [2.45, 2.75) is 0 Å². The van der Waals surface area contributed by atoms with E-state index in [2.05, 4.69) is 0 Å². The SMILES string of the molecule is OP(O)(O)=[Te](F)(F)(F)c1cc(-c2ccccc2)c(-c2ccccc2)c(F)c1F. The molecule has 3 aromatic rings. The predicted molar refractivity (Wildman–Crippen MR) is 99.5 cm³/mol. The molecule has 0 heterocycles. The molecule has 0 amide bonds. The fraction of sp³-hybridized carbons (Fsp3) is 0. The first-order valence-corrected chi connectivity index (χ1v) is 16.2. The average molecular weight is 532 g/mol. The molecule has 0 aromatic heterocycles. The van der Waals surface area contributed by atoms with Crippen LogP contribution >= 0.6 is 5.17 Å². The summed E-state index contributed by atoms with van der Waals surface area (Å²) >= 11 is -9.32. The molecule has 0 saturated heterocycles. The Morgan fingerprint density at radius 1 is 0.679 bits per heavy atom. The van der Waals surface area contributed by atoms with E-state index in [0.717, 1.165) is 0 Å². The number of halogens is 5. The molecule has 3 nitrogen and oxygen atoms in total. The van der Waals surface area contributed by atoms with Gasteiger partial charge < -0.3 is 0 Å². The molecule has 0 saturated carbocycles. The molecule has 3 N–H and O–H groups in total. The summed E-state index contributed by atoms with van der Waals surface area (Å²) in [6, 6.07) is 15.3. The molecule has 0 spiro atoms. The van der Waals surface area contributed by atoms with Crippen LogP contribution in [0.1, 0.15) is 0 Å². The first-order chi connectivity index (χ1) is 12.9. The third kappa shape index (κ3) is 3.43. The van der Waals surface area contributed by atoms with Gasteiger partial charge in [-0.15, -0.1) is 0 Å². The zero-order valence-electron chi connectivity index (χ0n) is 13.9. The van der Waals surface area contributed by atoms with E-state index in [1.54, 1.807) is 12.1 Å². The fourth-order valence-corrected chi connectivity index (χ4v) is 8.05. The molecule has 150 valence electrons. The topological polar surface area (TPSA) is 60.7 Å². The van der Waals surface area contributed by atoms with Crippen molar-refractivity contribution in [2.75, 3.05) is 0 Å². The third-order valence-corrected chi connectivity index (χ3v) is 15.9. The molecule has 0 aliphatic carbocycles. The second-order valence-corrected chi connectivity index (χ2v) is 20.4. The van der Waals surface area contributed by atoms with Crippen molar-refractivity contribution in [3.05, 3.63) is 78.4 Å². The molecular weight excluding hydrogens is 518 g/mol. The van der Waals surface area contributed by atoms with Gasteiger partial charge in [0.05, 0.1) is 0 Å². The summed E-state index contributed by atoms with van der Waals surface area (Å²) in [6.45, 7) is 0. The summed E-state index contributed by atoms with van der Waals surface area (Å²) in [7, 11) is 0. The third-order valence-electron chi connectivity index (χ3n) is 4.07. The van der Waals surface area contributed by atoms with Crippen molar-refractivity contribution in [1.29, 1.82) is 0 Å². The number of benzene rings is 3. The van der Waals surface area contributed by atoms with Gasteiger partial charge in [0.1, 0.15) is 0 Å². The Morgan fingerprint density at radius 2 is 1.14 bits per heavy atom. The number of hydrogen-bond acceptors (Lipinski definition) is 3. The molecule has 0 radical (unpaired) electrons. The molecule has 28 heavy (non-hydrogen) atoms. The monoisotopic (exact) mass is 534 g/mol. The van der Waals surface area contributed by atoms with Crippen LogP contribution in [0.2, 0.25) is 0 Å². The van der Waals surface area contributed by atoms with Crippen LogP contribution < -0.4 is 3.61 Å². The molecule has 0 aliphatic heterocycles. The van der Waals surface area contributed by atoms with E-state index in [1.165, 1.54) is 48.5 Å². The Balaban J connectivity index is 2.52. The van der Waals surface area contributed by atoms with Crippen LogP contribution in [0, 0.1) is 11.6 Å². The Kier molecular flexibility index (Phi) is 5.30. The van der Waals surface area contributed by atoms with Crippen LogP contribution in [0.5, 0.6) is 0 Å². The van der Waals surface area contributed by atoms with Gasteiger partial charge in [0.25, 0.3) is 0 Å². The van der Waals surface area contributed by atoms with Gasteiger partial charge in [-0.05, 0) is 0 Å². The van der Waals surface area contributed by atoms with Crippen molar-refractivity contribution in [1.82, 2.24) is 0 Å². The number of hydrogen-bond donors (Lipinski definition) is 3. The van der Waals surface area contributed by atoms with Crippen LogP contribution in [0.25, 0.3) is 22.3 Å². The summed E-state index contributed by atoms with van der Waals surface area (Å²) in [6.07, 6.45) is 0. The molecule has 3 rings (SSSR count). The van der Waals surface area contributed by atoms with E-state index in [4.69, 9.17) is 14.7 Å². The van der Waals surface area contributed by atoms with Gasteiger partial charge in [-0.2, -0.15) is 0 Å². The van der Waals surface area contributed by atoms with Crippen LogP contribution in [-0.4, -0.2) is 32.1 Å². The molecule has 0 aliphatic rings. The molecule has 3 aromatic carbocycles. The maximum atomic E-state index is 14.9. The number of rotatable bonds is 3. The second kappa shape index (κ2) is 7.03. The van der Waals surface area contributed by atoms with Gasteiger partial charge in [-0.25, -0.2) is 0 Å². The maximum absolute atomic E-state index is 14.9. The summed E-state index contributed by atoms with van der Waals surface area (Å²) in [5.74, 6) is -4.04. The zero-order chi connectivity index (χ0) is 20.8. The fourth-order valence-electron chi connectivity index (χ4n) is 2.70. The van der Waals surface area contributed by atoms with Crippen LogP contribution in [0.4, 0.5) is 17.5 Å². The summed E-state index contributed by atoms with van der Waals surface area (Å²) in [5, 5.41) is -6.41. The average Bonchev–Trinajstić information content (AvgIpc) is 2.63. The van der Waals surface area contributed by atoms with E-state index in [9.17, 15) is 17.5 Å². The van der Waals surface area contributed by atoms with Crippen molar-refractivity contribution in [2.24, 2.45) is 0 Å². The molecule has 0 atom stereocenters.